The van der Waals surface area contributed by atoms with Gasteiger partial charge >= 0.3 is 0 Å². The monoisotopic (exact) mass is 385 g/mol. The van der Waals surface area contributed by atoms with Gasteiger partial charge in [0.05, 0.1) is 5.92 Å². The Bertz CT molecular complexity index is 885. The Morgan fingerprint density at radius 2 is 1.93 bits per heavy atom. The van der Waals surface area contributed by atoms with E-state index in [1.165, 1.54) is 41.3 Å². The first-order valence-corrected chi connectivity index (χ1v) is 8.85. The van der Waals surface area contributed by atoms with E-state index in [0.717, 1.165) is 0 Å². The van der Waals surface area contributed by atoms with E-state index in [4.69, 9.17) is 0 Å². The minimum atomic E-state index is -0.522. The van der Waals surface area contributed by atoms with Crippen LogP contribution in [0.15, 0.2) is 48.5 Å². The Hall–Kier alpha value is -3.42. The molecule has 3 N–H and O–H groups in total. The molecule has 1 atom stereocenters. The SMILES string of the molecule is O=C(CCNC(=O)[C@@H]1CC(=O)N(c2ccc(F)cc2)C1)Nc1cccc(O)c1. The quantitative estimate of drug-likeness (QED) is 0.709. The Morgan fingerprint density at radius 3 is 2.64 bits per heavy atom. The summed E-state index contributed by atoms with van der Waals surface area (Å²) >= 11 is 0. The zero-order chi connectivity index (χ0) is 20.1. The van der Waals surface area contributed by atoms with Crippen molar-refractivity contribution in [3.05, 3.63) is 54.3 Å². The van der Waals surface area contributed by atoms with Gasteiger partial charge in [0.1, 0.15) is 11.6 Å². The van der Waals surface area contributed by atoms with Gasteiger partial charge in [-0.1, -0.05) is 6.07 Å². The number of hydrogen-bond acceptors (Lipinski definition) is 4. The lowest BCUT2D eigenvalue weighted by molar-refractivity contribution is -0.126. The Balaban J connectivity index is 1.45. The van der Waals surface area contributed by atoms with Crippen molar-refractivity contribution in [3.63, 3.8) is 0 Å². The van der Waals surface area contributed by atoms with Crippen LogP contribution in [0, 0.1) is 11.7 Å². The average molecular weight is 385 g/mol. The molecule has 1 aliphatic rings. The molecule has 146 valence electrons. The number of amides is 3. The predicted octanol–water partition coefficient (Wildman–Crippen LogP) is 2.03. The molecule has 0 aliphatic carbocycles. The standard InChI is InChI=1S/C20H20FN3O4/c21-14-4-6-16(7-5-14)24-12-13(10-19(24)27)20(28)22-9-8-18(26)23-15-2-1-3-17(25)11-15/h1-7,11,13,25H,8-10,12H2,(H,22,28)(H,23,26)/t13-/m1/s1. The van der Waals surface area contributed by atoms with E-state index < -0.39 is 11.7 Å². The summed E-state index contributed by atoms with van der Waals surface area (Å²) in [6, 6.07) is 11.7. The molecule has 1 fully saturated rings. The van der Waals surface area contributed by atoms with E-state index in [1.807, 2.05) is 0 Å². The lowest BCUT2D eigenvalue weighted by Crippen LogP contribution is -2.34. The van der Waals surface area contributed by atoms with E-state index in [2.05, 4.69) is 10.6 Å². The van der Waals surface area contributed by atoms with Gasteiger partial charge in [0.15, 0.2) is 0 Å². The Kier molecular flexibility index (Phi) is 5.88. The van der Waals surface area contributed by atoms with Gasteiger partial charge in [0.25, 0.3) is 0 Å². The van der Waals surface area contributed by atoms with E-state index in [0.29, 0.717) is 11.4 Å². The molecular weight excluding hydrogens is 365 g/mol. The van der Waals surface area contributed by atoms with Crippen LogP contribution in [-0.2, 0) is 14.4 Å². The molecule has 0 unspecified atom stereocenters. The van der Waals surface area contributed by atoms with E-state index in [1.54, 1.807) is 12.1 Å². The number of hydrogen-bond donors (Lipinski definition) is 3. The number of rotatable bonds is 6. The van der Waals surface area contributed by atoms with Crippen molar-refractivity contribution in [1.29, 1.82) is 0 Å². The minimum absolute atomic E-state index is 0.0442. The summed E-state index contributed by atoms with van der Waals surface area (Å²) in [5.41, 5.74) is 1.01. The Labute approximate surface area is 161 Å². The van der Waals surface area contributed by atoms with Crippen LogP contribution in [0.4, 0.5) is 15.8 Å². The van der Waals surface area contributed by atoms with Crippen LogP contribution in [0.3, 0.4) is 0 Å². The summed E-state index contributed by atoms with van der Waals surface area (Å²) in [5.74, 6) is -1.68. The number of nitrogens with one attached hydrogen (secondary N) is 2. The molecule has 1 heterocycles. The molecule has 0 aromatic heterocycles. The number of phenols is 1. The predicted molar refractivity (Wildman–Crippen MR) is 101 cm³/mol. The molecule has 2 aromatic carbocycles. The highest BCUT2D eigenvalue weighted by atomic mass is 19.1. The third-order valence-corrected chi connectivity index (χ3v) is 4.42. The van der Waals surface area contributed by atoms with Gasteiger partial charge in [-0.3, -0.25) is 14.4 Å². The van der Waals surface area contributed by atoms with E-state index >= 15 is 0 Å². The topological polar surface area (TPSA) is 98.7 Å². The van der Waals surface area contributed by atoms with Crippen LogP contribution < -0.4 is 15.5 Å². The number of nitrogens with zero attached hydrogens (tertiary/aromatic N) is 1. The maximum Gasteiger partial charge on any atom is 0.227 e. The van der Waals surface area contributed by atoms with Gasteiger partial charge in [-0.25, -0.2) is 4.39 Å². The van der Waals surface area contributed by atoms with E-state index in [9.17, 15) is 23.9 Å². The van der Waals surface area contributed by atoms with Crippen molar-refractivity contribution >= 4 is 29.1 Å². The number of carbonyl (C=O) groups excluding carboxylic acids is 3. The first-order chi connectivity index (χ1) is 13.4. The summed E-state index contributed by atoms with van der Waals surface area (Å²) in [6.45, 7) is 0.344. The van der Waals surface area contributed by atoms with Gasteiger partial charge in [-0.2, -0.15) is 0 Å². The Morgan fingerprint density at radius 1 is 1.18 bits per heavy atom. The first-order valence-electron chi connectivity index (χ1n) is 8.85. The molecule has 0 bridgehead atoms. The molecule has 3 rings (SSSR count). The van der Waals surface area contributed by atoms with Gasteiger partial charge in [0, 0.05) is 43.4 Å². The molecule has 8 heteroatoms. The second kappa shape index (κ2) is 8.51. The molecule has 2 aromatic rings. The molecule has 3 amide bonds. The van der Waals surface area contributed by atoms with Crippen LogP contribution >= 0.6 is 0 Å². The fourth-order valence-corrected chi connectivity index (χ4v) is 3.00. The van der Waals surface area contributed by atoms with Gasteiger partial charge in [0.2, 0.25) is 17.7 Å². The summed E-state index contributed by atoms with van der Waals surface area (Å²) in [4.78, 5) is 37.8. The van der Waals surface area contributed by atoms with Crippen LogP contribution in [0.5, 0.6) is 5.75 Å². The third-order valence-electron chi connectivity index (χ3n) is 4.42. The van der Waals surface area contributed by atoms with Gasteiger partial charge in [-0.05, 0) is 36.4 Å². The fraction of sp³-hybridized carbons (Fsp3) is 0.250. The molecule has 7 nitrogen and oxygen atoms in total. The molecule has 0 saturated carbocycles. The summed E-state index contributed by atoms with van der Waals surface area (Å²) in [7, 11) is 0. The molecule has 0 spiro atoms. The molecule has 28 heavy (non-hydrogen) atoms. The number of phenolic OH excluding ortho intramolecular Hbond substituents is 1. The number of carbonyl (C=O) groups is 3. The second-order valence-corrected chi connectivity index (χ2v) is 6.52. The van der Waals surface area contributed by atoms with Crippen molar-refractivity contribution in [2.45, 2.75) is 12.8 Å². The summed E-state index contributed by atoms with van der Waals surface area (Å²) in [5, 5.41) is 14.7. The molecule has 1 aliphatic heterocycles. The van der Waals surface area contributed by atoms with Crippen molar-refractivity contribution < 1.29 is 23.9 Å². The summed E-state index contributed by atoms with van der Waals surface area (Å²) in [6.07, 6.45) is 0.127. The highest BCUT2D eigenvalue weighted by Gasteiger charge is 2.34. The van der Waals surface area contributed by atoms with Crippen molar-refractivity contribution in [2.24, 2.45) is 5.92 Å². The number of halogens is 1. The highest BCUT2D eigenvalue weighted by molar-refractivity contribution is 6.00. The van der Waals surface area contributed by atoms with E-state index in [-0.39, 0.29) is 49.4 Å². The maximum atomic E-state index is 13.0. The highest BCUT2D eigenvalue weighted by Crippen LogP contribution is 2.25. The molecule has 1 saturated heterocycles. The first kappa shape index (κ1) is 19.3. The van der Waals surface area contributed by atoms with Crippen LogP contribution in [0.1, 0.15) is 12.8 Å². The fourth-order valence-electron chi connectivity index (χ4n) is 3.00. The summed E-state index contributed by atoms with van der Waals surface area (Å²) < 4.78 is 13.0. The number of aromatic hydroxyl groups is 1. The van der Waals surface area contributed by atoms with Crippen molar-refractivity contribution in [2.75, 3.05) is 23.3 Å². The average Bonchev–Trinajstić information content (AvgIpc) is 3.04. The van der Waals surface area contributed by atoms with Gasteiger partial charge in [-0.15, -0.1) is 0 Å². The second-order valence-electron chi connectivity index (χ2n) is 6.52. The van der Waals surface area contributed by atoms with Gasteiger partial charge < -0.3 is 20.6 Å². The van der Waals surface area contributed by atoms with Crippen molar-refractivity contribution in [3.8, 4) is 5.75 Å². The number of anilines is 2. The lowest BCUT2D eigenvalue weighted by atomic mass is 10.1. The molecular formula is C20H20FN3O4. The lowest BCUT2D eigenvalue weighted by Gasteiger charge is -2.16. The smallest absolute Gasteiger partial charge is 0.227 e. The third kappa shape index (κ3) is 4.85. The molecule has 0 radical (unpaired) electrons. The zero-order valence-electron chi connectivity index (χ0n) is 15.0. The zero-order valence-corrected chi connectivity index (χ0v) is 15.0. The van der Waals surface area contributed by atoms with Crippen LogP contribution in [0.25, 0.3) is 0 Å². The normalized spacial score (nSPS) is 16.1. The van der Waals surface area contributed by atoms with Crippen LogP contribution in [-0.4, -0.2) is 35.9 Å². The van der Waals surface area contributed by atoms with Crippen LogP contribution in [0.2, 0.25) is 0 Å². The number of benzene rings is 2. The van der Waals surface area contributed by atoms with Crippen molar-refractivity contribution in [1.82, 2.24) is 5.32 Å². The largest absolute Gasteiger partial charge is 0.508 e. The minimum Gasteiger partial charge on any atom is -0.508 e. The maximum absolute atomic E-state index is 13.0.